The van der Waals surface area contributed by atoms with E-state index in [1.807, 2.05) is 62.4 Å². The quantitative estimate of drug-likeness (QED) is 0.369. The summed E-state index contributed by atoms with van der Waals surface area (Å²) in [5, 5.41) is 0.652. The van der Waals surface area contributed by atoms with Gasteiger partial charge in [-0.15, -0.1) is 0 Å². The van der Waals surface area contributed by atoms with Crippen LogP contribution in [0.15, 0.2) is 82.7 Å². The summed E-state index contributed by atoms with van der Waals surface area (Å²) in [5.74, 6) is 0.675. The molecular formula is C27H25FN2O3S. The van der Waals surface area contributed by atoms with Crippen LogP contribution in [-0.4, -0.2) is 29.1 Å². The SMILES string of the molecule is COc1cc(/C=C2/SC(=Nc3ccccc3)N(C(C)C)C2=O)ccc1OCc1cccc(F)c1. The number of benzene rings is 3. The van der Waals surface area contributed by atoms with Gasteiger partial charge in [0.05, 0.1) is 17.7 Å². The van der Waals surface area contributed by atoms with Crippen molar-refractivity contribution in [3.05, 3.63) is 94.6 Å². The molecule has 3 aromatic rings. The van der Waals surface area contributed by atoms with Gasteiger partial charge in [0.1, 0.15) is 12.4 Å². The molecule has 1 fully saturated rings. The molecule has 1 aliphatic rings. The molecule has 1 aliphatic heterocycles. The van der Waals surface area contributed by atoms with Crippen LogP contribution >= 0.6 is 11.8 Å². The number of amidine groups is 1. The summed E-state index contributed by atoms with van der Waals surface area (Å²) in [4.78, 5) is 20.1. The number of carbonyl (C=O) groups is 1. The number of hydrogen-bond acceptors (Lipinski definition) is 5. The van der Waals surface area contributed by atoms with Crippen molar-refractivity contribution in [2.24, 2.45) is 4.99 Å². The van der Waals surface area contributed by atoms with Gasteiger partial charge < -0.3 is 9.47 Å². The van der Waals surface area contributed by atoms with Gasteiger partial charge in [-0.25, -0.2) is 9.38 Å². The zero-order valence-corrected chi connectivity index (χ0v) is 20.0. The van der Waals surface area contributed by atoms with Crippen LogP contribution in [0.1, 0.15) is 25.0 Å². The van der Waals surface area contributed by atoms with Gasteiger partial charge in [-0.2, -0.15) is 0 Å². The fourth-order valence-electron chi connectivity index (χ4n) is 3.47. The van der Waals surface area contributed by atoms with Crippen LogP contribution in [0.2, 0.25) is 0 Å². The van der Waals surface area contributed by atoms with Gasteiger partial charge in [-0.1, -0.05) is 36.4 Å². The van der Waals surface area contributed by atoms with Crippen molar-refractivity contribution in [3.8, 4) is 11.5 Å². The second-order valence-electron chi connectivity index (χ2n) is 7.94. The molecule has 0 spiro atoms. The molecule has 0 aliphatic carbocycles. The number of rotatable bonds is 7. The molecule has 174 valence electrons. The standard InChI is InChI=1S/C27H25FN2O3S/c1-18(2)30-26(31)25(34-27(30)29-22-10-5-4-6-11-22)16-19-12-13-23(24(15-19)32-3)33-17-20-8-7-9-21(28)14-20/h4-16,18H,17H2,1-3H3/b25-16+,29-27?. The molecule has 34 heavy (non-hydrogen) atoms. The highest BCUT2D eigenvalue weighted by molar-refractivity contribution is 8.18. The molecule has 5 nitrogen and oxygen atoms in total. The Balaban J connectivity index is 1.56. The summed E-state index contributed by atoms with van der Waals surface area (Å²) in [6.07, 6.45) is 1.83. The second-order valence-corrected chi connectivity index (χ2v) is 8.95. The van der Waals surface area contributed by atoms with E-state index in [4.69, 9.17) is 9.47 Å². The van der Waals surface area contributed by atoms with E-state index in [-0.39, 0.29) is 24.4 Å². The molecule has 0 N–H and O–H groups in total. The maximum absolute atomic E-state index is 13.4. The first-order valence-corrected chi connectivity index (χ1v) is 11.7. The molecule has 1 saturated heterocycles. The Kier molecular flexibility index (Phi) is 7.33. The van der Waals surface area contributed by atoms with Gasteiger partial charge >= 0.3 is 0 Å². The van der Waals surface area contributed by atoms with E-state index >= 15 is 0 Å². The fourth-order valence-corrected chi connectivity index (χ4v) is 4.59. The monoisotopic (exact) mass is 476 g/mol. The zero-order chi connectivity index (χ0) is 24.1. The van der Waals surface area contributed by atoms with Crippen LogP contribution in [0.3, 0.4) is 0 Å². The van der Waals surface area contributed by atoms with E-state index in [0.29, 0.717) is 21.6 Å². The topological polar surface area (TPSA) is 51.1 Å². The summed E-state index contributed by atoms with van der Waals surface area (Å²) in [5.41, 5.74) is 2.32. The van der Waals surface area contributed by atoms with Crippen molar-refractivity contribution in [1.29, 1.82) is 0 Å². The Morgan fingerprint density at radius 1 is 1.03 bits per heavy atom. The van der Waals surface area contributed by atoms with E-state index in [1.165, 1.54) is 23.9 Å². The van der Waals surface area contributed by atoms with Gasteiger partial charge in [0.25, 0.3) is 5.91 Å². The normalized spacial score (nSPS) is 16.0. The smallest absolute Gasteiger partial charge is 0.266 e. The number of ether oxygens (including phenoxy) is 2. The molecule has 0 unspecified atom stereocenters. The van der Waals surface area contributed by atoms with Crippen LogP contribution in [0.4, 0.5) is 10.1 Å². The van der Waals surface area contributed by atoms with Gasteiger partial charge in [0, 0.05) is 6.04 Å². The molecule has 1 heterocycles. The average Bonchev–Trinajstić information content (AvgIpc) is 3.13. The summed E-state index contributed by atoms with van der Waals surface area (Å²) >= 11 is 1.35. The maximum Gasteiger partial charge on any atom is 0.266 e. The van der Waals surface area contributed by atoms with Gasteiger partial charge in [0.2, 0.25) is 0 Å². The summed E-state index contributed by atoms with van der Waals surface area (Å²) in [7, 11) is 1.56. The minimum Gasteiger partial charge on any atom is -0.493 e. The van der Waals surface area contributed by atoms with E-state index in [9.17, 15) is 9.18 Å². The molecule has 3 aromatic carbocycles. The van der Waals surface area contributed by atoms with Gasteiger partial charge in [-0.05, 0) is 79.2 Å². The number of methoxy groups -OCH3 is 1. The summed E-state index contributed by atoms with van der Waals surface area (Å²) < 4.78 is 24.7. The number of nitrogens with zero attached hydrogens (tertiary/aromatic N) is 2. The number of hydrogen-bond donors (Lipinski definition) is 0. The van der Waals surface area contributed by atoms with E-state index in [0.717, 1.165) is 16.8 Å². The lowest BCUT2D eigenvalue weighted by atomic mass is 10.1. The van der Waals surface area contributed by atoms with Crippen LogP contribution in [0.5, 0.6) is 11.5 Å². The largest absolute Gasteiger partial charge is 0.493 e. The van der Waals surface area contributed by atoms with E-state index in [1.54, 1.807) is 30.2 Å². The van der Waals surface area contributed by atoms with Crippen LogP contribution < -0.4 is 9.47 Å². The highest BCUT2D eigenvalue weighted by Gasteiger charge is 2.35. The highest BCUT2D eigenvalue weighted by Crippen LogP contribution is 2.37. The average molecular weight is 477 g/mol. The highest BCUT2D eigenvalue weighted by atomic mass is 32.2. The van der Waals surface area contributed by atoms with E-state index < -0.39 is 0 Å². The molecule has 0 aromatic heterocycles. The lowest BCUT2D eigenvalue weighted by Gasteiger charge is -2.19. The summed E-state index contributed by atoms with van der Waals surface area (Å²) in [6.45, 7) is 4.15. The number of amides is 1. The summed E-state index contributed by atoms with van der Waals surface area (Å²) in [6, 6.07) is 21.3. The number of carbonyl (C=O) groups excluding carboxylic acids is 1. The first-order valence-electron chi connectivity index (χ1n) is 10.9. The predicted molar refractivity (Wildman–Crippen MR) is 135 cm³/mol. The molecule has 0 radical (unpaired) electrons. The molecule has 0 saturated carbocycles. The van der Waals surface area contributed by atoms with Crippen LogP contribution in [0.25, 0.3) is 6.08 Å². The third kappa shape index (κ3) is 5.48. The minimum absolute atomic E-state index is 0.0264. The number of aliphatic imine (C=N–C) groups is 1. The van der Waals surface area contributed by atoms with Crippen molar-refractivity contribution in [2.75, 3.05) is 7.11 Å². The Labute approximate surface area is 202 Å². The van der Waals surface area contributed by atoms with Crippen LogP contribution in [0, 0.1) is 5.82 Å². The molecule has 1 amide bonds. The molecule has 0 bridgehead atoms. The molecule has 7 heteroatoms. The number of para-hydroxylation sites is 1. The first kappa shape index (κ1) is 23.6. The van der Waals surface area contributed by atoms with Crippen molar-refractivity contribution in [3.63, 3.8) is 0 Å². The van der Waals surface area contributed by atoms with Crippen molar-refractivity contribution in [2.45, 2.75) is 26.5 Å². The Hall–Kier alpha value is -3.58. The number of halogens is 1. The van der Waals surface area contributed by atoms with Crippen molar-refractivity contribution < 1.29 is 18.7 Å². The fraction of sp³-hybridized carbons (Fsp3) is 0.185. The third-order valence-corrected chi connectivity index (χ3v) is 6.09. The maximum atomic E-state index is 13.4. The minimum atomic E-state index is -0.306. The van der Waals surface area contributed by atoms with Crippen molar-refractivity contribution >= 4 is 34.6 Å². The Bertz CT molecular complexity index is 1240. The number of thioether (sulfide) groups is 1. The van der Waals surface area contributed by atoms with E-state index in [2.05, 4.69) is 4.99 Å². The van der Waals surface area contributed by atoms with Gasteiger partial charge in [0.15, 0.2) is 16.7 Å². The predicted octanol–water partition coefficient (Wildman–Crippen LogP) is 6.43. The van der Waals surface area contributed by atoms with Gasteiger partial charge in [-0.3, -0.25) is 9.69 Å². The first-order chi connectivity index (χ1) is 16.4. The lowest BCUT2D eigenvalue weighted by Crippen LogP contribution is -2.35. The van der Waals surface area contributed by atoms with Crippen molar-refractivity contribution in [1.82, 2.24) is 4.90 Å². The van der Waals surface area contributed by atoms with Crippen LogP contribution in [-0.2, 0) is 11.4 Å². The Morgan fingerprint density at radius 3 is 2.53 bits per heavy atom. The third-order valence-electron chi connectivity index (χ3n) is 5.10. The molecule has 4 rings (SSSR count). The zero-order valence-electron chi connectivity index (χ0n) is 19.2. The lowest BCUT2D eigenvalue weighted by molar-refractivity contribution is -0.123. The molecular weight excluding hydrogens is 451 g/mol. The Morgan fingerprint density at radius 2 is 1.82 bits per heavy atom. The molecule has 0 atom stereocenters. The second kappa shape index (κ2) is 10.6.